The van der Waals surface area contributed by atoms with Gasteiger partial charge in [-0.25, -0.2) is 0 Å². The third-order valence-corrected chi connectivity index (χ3v) is 3.96. The molecule has 1 aromatic rings. The summed E-state index contributed by atoms with van der Waals surface area (Å²) in [5.74, 6) is -0.0920. The van der Waals surface area contributed by atoms with E-state index < -0.39 is 11.5 Å². The van der Waals surface area contributed by atoms with E-state index in [-0.39, 0.29) is 6.42 Å². The average Bonchev–Trinajstić information content (AvgIpc) is 2.79. The van der Waals surface area contributed by atoms with E-state index in [9.17, 15) is 9.90 Å². The quantitative estimate of drug-likeness (QED) is 0.798. The molecule has 0 saturated carbocycles. The molecule has 0 bridgehead atoms. The lowest BCUT2D eigenvalue weighted by molar-refractivity contribution is -0.139. The minimum absolute atomic E-state index is 0.0191. The van der Waals surface area contributed by atoms with Crippen LogP contribution in [0, 0.1) is 0 Å². The van der Waals surface area contributed by atoms with Gasteiger partial charge in [-0.05, 0) is 25.6 Å². The van der Waals surface area contributed by atoms with Gasteiger partial charge in [0, 0.05) is 12.1 Å². The Hall–Kier alpha value is -1.59. The molecule has 110 valence electrons. The van der Waals surface area contributed by atoms with Gasteiger partial charge in [-0.15, -0.1) is 5.48 Å². The monoisotopic (exact) mass is 278 g/mol. The van der Waals surface area contributed by atoms with E-state index in [1.165, 1.54) is 0 Å². The van der Waals surface area contributed by atoms with Gasteiger partial charge in [0.15, 0.2) is 5.75 Å². The molecule has 1 aliphatic heterocycles. The molecule has 0 radical (unpaired) electrons. The van der Waals surface area contributed by atoms with Crippen LogP contribution in [-0.2, 0) is 10.3 Å². The predicted molar refractivity (Wildman–Crippen MR) is 76.5 cm³/mol. The molecule has 1 heterocycles. The number of carboxylic acids is 1. The summed E-state index contributed by atoms with van der Waals surface area (Å²) in [7, 11) is 0. The molecule has 0 fully saturated rings. The van der Waals surface area contributed by atoms with Crippen molar-refractivity contribution in [1.82, 2.24) is 10.4 Å². The largest absolute Gasteiger partial charge is 0.481 e. The van der Waals surface area contributed by atoms with Crippen LogP contribution in [0.1, 0.15) is 32.3 Å². The minimum atomic E-state index is -0.822. The van der Waals surface area contributed by atoms with Gasteiger partial charge in [0.05, 0.1) is 12.0 Å². The molecule has 1 aromatic carbocycles. The van der Waals surface area contributed by atoms with Crippen molar-refractivity contribution in [2.75, 3.05) is 19.6 Å². The van der Waals surface area contributed by atoms with Crippen LogP contribution in [0.25, 0.3) is 0 Å². The molecule has 0 saturated heterocycles. The first-order valence-electron chi connectivity index (χ1n) is 7.09. The molecule has 0 amide bonds. The normalized spacial score (nSPS) is 20.8. The van der Waals surface area contributed by atoms with Gasteiger partial charge in [-0.3, -0.25) is 4.79 Å². The predicted octanol–water partition coefficient (Wildman–Crippen LogP) is 1.99. The Labute approximate surface area is 119 Å². The highest BCUT2D eigenvalue weighted by Crippen LogP contribution is 2.40. The molecule has 20 heavy (non-hydrogen) atoms. The maximum Gasteiger partial charge on any atom is 0.305 e. The van der Waals surface area contributed by atoms with Crippen LogP contribution < -0.4 is 10.3 Å². The van der Waals surface area contributed by atoms with E-state index >= 15 is 0 Å². The van der Waals surface area contributed by atoms with E-state index in [0.717, 1.165) is 30.9 Å². The van der Waals surface area contributed by atoms with Crippen LogP contribution in [0.3, 0.4) is 0 Å². The van der Waals surface area contributed by atoms with Gasteiger partial charge in [0.2, 0.25) is 0 Å². The van der Waals surface area contributed by atoms with Crippen molar-refractivity contribution in [2.24, 2.45) is 0 Å². The topological polar surface area (TPSA) is 61.8 Å². The van der Waals surface area contributed by atoms with Gasteiger partial charge in [-0.2, -0.15) is 0 Å². The van der Waals surface area contributed by atoms with Crippen LogP contribution >= 0.6 is 0 Å². The fraction of sp³-hybridized carbons (Fsp3) is 0.533. The van der Waals surface area contributed by atoms with Gasteiger partial charge < -0.3 is 14.8 Å². The Morgan fingerprint density at radius 3 is 2.70 bits per heavy atom. The Balaban J connectivity index is 2.22. The van der Waals surface area contributed by atoms with Crippen LogP contribution in [-0.4, -0.2) is 35.6 Å². The van der Waals surface area contributed by atoms with Crippen molar-refractivity contribution in [3.8, 4) is 5.75 Å². The summed E-state index contributed by atoms with van der Waals surface area (Å²) in [6.07, 6.45) is 0.725. The highest BCUT2D eigenvalue weighted by Gasteiger charge is 2.42. The molecule has 5 nitrogen and oxygen atoms in total. The van der Waals surface area contributed by atoms with Gasteiger partial charge in [0.25, 0.3) is 0 Å². The Morgan fingerprint density at radius 2 is 2.05 bits per heavy atom. The number of nitrogens with zero attached hydrogens (tertiary/aromatic N) is 1. The van der Waals surface area contributed by atoms with E-state index in [1.54, 1.807) is 0 Å². The van der Waals surface area contributed by atoms with Crippen molar-refractivity contribution in [3.05, 3.63) is 29.8 Å². The number of hydrogen-bond donors (Lipinski definition) is 2. The summed E-state index contributed by atoms with van der Waals surface area (Å²) in [6.45, 7) is 6.98. The van der Waals surface area contributed by atoms with Gasteiger partial charge >= 0.3 is 5.97 Å². The maximum atomic E-state index is 11.2. The number of nitrogens with one attached hydrogen (secondary N) is 1. The third-order valence-electron chi connectivity index (χ3n) is 3.96. The number of hydrogen-bond acceptors (Lipinski definition) is 4. The highest BCUT2D eigenvalue weighted by atomic mass is 16.7. The number of carbonyl (C=O) groups is 1. The lowest BCUT2D eigenvalue weighted by Gasteiger charge is -2.29. The number of para-hydroxylation sites is 1. The fourth-order valence-corrected chi connectivity index (χ4v) is 2.71. The van der Waals surface area contributed by atoms with Crippen molar-refractivity contribution >= 4 is 5.97 Å². The van der Waals surface area contributed by atoms with Crippen LogP contribution in [0.15, 0.2) is 24.3 Å². The average molecular weight is 278 g/mol. The summed E-state index contributed by atoms with van der Waals surface area (Å²) < 4.78 is 0. The summed E-state index contributed by atoms with van der Waals surface area (Å²) in [6, 6.07) is 7.62. The SMILES string of the molecule is CCN(CC)CCC1(CC(=O)O)NOc2ccccc21. The van der Waals surface area contributed by atoms with E-state index in [4.69, 9.17) is 4.84 Å². The maximum absolute atomic E-state index is 11.2. The molecule has 0 spiro atoms. The number of fused-ring (bicyclic) bond motifs is 1. The first-order valence-corrected chi connectivity index (χ1v) is 7.09. The summed E-state index contributed by atoms with van der Waals surface area (Å²) in [5, 5.41) is 9.24. The van der Waals surface area contributed by atoms with Crippen molar-refractivity contribution in [3.63, 3.8) is 0 Å². The molecule has 0 aliphatic carbocycles. The van der Waals surface area contributed by atoms with Crippen molar-refractivity contribution in [2.45, 2.75) is 32.2 Å². The number of aliphatic carboxylic acids is 1. The Bertz CT molecular complexity index is 474. The van der Waals surface area contributed by atoms with Crippen LogP contribution in [0.2, 0.25) is 0 Å². The lowest BCUT2D eigenvalue weighted by Crippen LogP contribution is -2.43. The lowest BCUT2D eigenvalue weighted by atomic mass is 9.84. The van der Waals surface area contributed by atoms with Gasteiger partial charge in [-0.1, -0.05) is 32.0 Å². The van der Waals surface area contributed by atoms with E-state index in [0.29, 0.717) is 6.42 Å². The number of benzene rings is 1. The van der Waals surface area contributed by atoms with E-state index in [2.05, 4.69) is 24.2 Å². The summed E-state index contributed by atoms with van der Waals surface area (Å²) in [5.41, 5.74) is 3.27. The minimum Gasteiger partial charge on any atom is -0.481 e. The zero-order valence-corrected chi connectivity index (χ0v) is 12.1. The molecule has 2 rings (SSSR count). The smallest absolute Gasteiger partial charge is 0.305 e. The van der Waals surface area contributed by atoms with Crippen LogP contribution in [0.5, 0.6) is 5.75 Å². The first-order chi connectivity index (χ1) is 9.61. The zero-order chi connectivity index (χ0) is 14.6. The Kier molecular flexibility index (Phi) is 4.62. The molecule has 1 atom stereocenters. The number of rotatable bonds is 7. The molecule has 1 unspecified atom stereocenters. The van der Waals surface area contributed by atoms with Gasteiger partial charge in [0.1, 0.15) is 0 Å². The van der Waals surface area contributed by atoms with Crippen molar-refractivity contribution in [1.29, 1.82) is 0 Å². The van der Waals surface area contributed by atoms with Crippen LogP contribution in [0.4, 0.5) is 0 Å². The second-order valence-electron chi connectivity index (χ2n) is 5.13. The first kappa shape index (κ1) is 14.8. The van der Waals surface area contributed by atoms with E-state index in [1.807, 2.05) is 24.3 Å². The molecular weight excluding hydrogens is 256 g/mol. The molecule has 1 aliphatic rings. The second-order valence-corrected chi connectivity index (χ2v) is 5.13. The fourth-order valence-electron chi connectivity index (χ4n) is 2.71. The molecule has 0 aromatic heterocycles. The molecule has 5 heteroatoms. The second kappa shape index (κ2) is 6.24. The van der Waals surface area contributed by atoms with Crippen molar-refractivity contribution < 1.29 is 14.7 Å². The number of carboxylic acid groups (broad SMARTS) is 1. The Morgan fingerprint density at radius 1 is 1.35 bits per heavy atom. The molecule has 2 N–H and O–H groups in total. The summed E-state index contributed by atoms with van der Waals surface area (Å²) >= 11 is 0. The number of hydroxylamine groups is 1. The molecular formula is C15H22N2O3. The standard InChI is InChI=1S/C15H22N2O3/c1-3-17(4-2)10-9-15(11-14(18)19)12-7-5-6-8-13(12)20-16-15/h5-8,16H,3-4,9-11H2,1-2H3,(H,18,19). The highest BCUT2D eigenvalue weighted by molar-refractivity contribution is 5.69. The zero-order valence-electron chi connectivity index (χ0n) is 12.1. The third kappa shape index (κ3) is 2.94. The summed E-state index contributed by atoms with van der Waals surface area (Å²) in [4.78, 5) is 19.0.